The summed E-state index contributed by atoms with van der Waals surface area (Å²) in [6.07, 6.45) is 0. The molecule has 0 bridgehead atoms. The van der Waals surface area contributed by atoms with Gasteiger partial charge in [0.15, 0.2) is 10.6 Å². The van der Waals surface area contributed by atoms with E-state index >= 15 is 0 Å². The van der Waals surface area contributed by atoms with Crippen molar-refractivity contribution in [3.05, 3.63) is 91.0 Å². The Bertz CT molecular complexity index is 1420. The van der Waals surface area contributed by atoms with Gasteiger partial charge in [0, 0.05) is 4.88 Å². The average molecular weight is 434 g/mol. The van der Waals surface area contributed by atoms with Gasteiger partial charge in [0.1, 0.15) is 11.4 Å². The lowest BCUT2D eigenvalue weighted by atomic mass is 9.97. The van der Waals surface area contributed by atoms with Crippen LogP contribution < -0.4 is 10.3 Å². The van der Waals surface area contributed by atoms with E-state index in [0.717, 1.165) is 21.7 Å². The van der Waals surface area contributed by atoms with Crippen molar-refractivity contribution >= 4 is 33.3 Å². The van der Waals surface area contributed by atoms with E-state index in [1.807, 2.05) is 27.7 Å². The Kier molecular flexibility index (Phi) is 4.34. The van der Waals surface area contributed by atoms with E-state index in [9.17, 15) is 14.0 Å². The van der Waals surface area contributed by atoms with Crippen molar-refractivity contribution in [2.45, 2.75) is 33.7 Å². The molecule has 2 aromatic carbocycles. The van der Waals surface area contributed by atoms with Crippen LogP contribution in [0.3, 0.4) is 0 Å². The molecule has 0 aliphatic carbocycles. The summed E-state index contributed by atoms with van der Waals surface area (Å²) in [5.41, 5.74) is 3.76. The Balaban J connectivity index is 1.83. The molecule has 1 amide bonds. The first kappa shape index (κ1) is 19.6. The minimum Gasteiger partial charge on any atom is -0.450 e. The minimum absolute atomic E-state index is 0.0144. The molecule has 31 heavy (non-hydrogen) atoms. The van der Waals surface area contributed by atoms with Crippen LogP contribution in [0.15, 0.2) is 45.6 Å². The van der Waals surface area contributed by atoms with Crippen molar-refractivity contribution in [2.24, 2.45) is 0 Å². The minimum atomic E-state index is -0.740. The highest BCUT2D eigenvalue weighted by atomic mass is 32.1. The Hall–Kier alpha value is -3.32. The smallest absolute Gasteiger partial charge is 0.297 e. The summed E-state index contributed by atoms with van der Waals surface area (Å²) in [6, 6.07) is 8.67. The number of carbonyl (C=O) groups is 1. The summed E-state index contributed by atoms with van der Waals surface area (Å²) in [6.45, 7) is 7.66. The van der Waals surface area contributed by atoms with Crippen molar-refractivity contribution < 1.29 is 13.6 Å². The first-order chi connectivity index (χ1) is 14.8. The fraction of sp³-hybridized carbons (Fsp3) is 0.208. The fourth-order valence-corrected chi connectivity index (χ4v) is 4.88. The zero-order chi connectivity index (χ0) is 22.0. The maximum absolute atomic E-state index is 13.6. The monoisotopic (exact) mass is 434 g/mol. The number of nitrogens with zero attached hydrogens (tertiary/aromatic N) is 2. The van der Waals surface area contributed by atoms with Gasteiger partial charge in [-0.25, -0.2) is 9.37 Å². The first-order valence-corrected chi connectivity index (χ1v) is 10.7. The largest absolute Gasteiger partial charge is 0.450 e. The predicted octanol–water partition coefficient (Wildman–Crippen LogP) is 5.37. The maximum Gasteiger partial charge on any atom is 0.297 e. The lowest BCUT2D eigenvalue weighted by Crippen LogP contribution is -2.29. The number of rotatable bonds is 2. The van der Waals surface area contributed by atoms with Crippen LogP contribution in [0.4, 0.5) is 9.52 Å². The van der Waals surface area contributed by atoms with Crippen molar-refractivity contribution in [3.63, 3.8) is 0 Å². The van der Waals surface area contributed by atoms with Crippen LogP contribution in [0.5, 0.6) is 0 Å². The van der Waals surface area contributed by atoms with E-state index in [4.69, 9.17) is 4.42 Å². The van der Waals surface area contributed by atoms with Gasteiger partial charge < -0.3 is 4.42 Å². The molecule has 0 spiro atoms. The molecule has 7 heteroatoms. The van der Waals surface area contributed by atoms with Crippen molar-refractivity contribution in [1.29, 1.82) is 0 Å². The third-order valence-corrected chi connectivity index (χ3v) is 6.97. The Morgan fingerprint density at radius 1 is 1.03 bits per heavy atom. The highest BCUT2D eigenvalue weighted by Gasteiger charge is 2.45. The number of aromatic nitrogens is 1. The topological polar surface area (TPSA) is 63.4 Å². The first-order valence-electron chi connectivity index (χ1n) is 9.87. The average Bonchev–Trinajstić information content (AvgIpc) is 3.21. The summed E-state index contributed by atoms with van der Waals surface area (Å²) >= 11 is 1.38. The number of hydrogen-bond donors (Lipinski definition) is 0. The third-order valence-electron chi connectivity index (χ3n) is 5.90. The standard InChI is InChI=1S/C24H19FN2O3S/c1-11-9-17-18(10-12(11)2)30-22-19(21(17)28)20(15-5-7-16(25)8-6-15)27(23(22)29)24-26-13(3)14(4)31-24/h5-10,20H,1-4H3. The molecule has 0 saturated carbocycles. The van der Waals surface area contributed by atoms with Gasteiger partial charge in [0.25, 0.3) is 5.91 Å². The van der Waals surface area contributed by atoms with Gasteiger partial charge in [0.2, 0.25) is 5.76 Å². The van der Waals surface area contributed by atoms with Crippen LogP contribution in [0.1, 0.15) is 49.4 Å². The van der Waals surface area contributed by atoms with Crippen LogP contribution in [-0.4, -0.2) is 10.9 Å². The van der Waals surface area contributed by atoms with Crippen LogP contribution in [0.2, 0.25) is 0 Å². The van der Waals surface area contributed by atoms with Crippen molar-refractivity contribution in [3.8, 4) is 0 Å². The van der Waals surface area contributed by atoms with E-state index < -0.39 is 17.8 Å². The van der Waals surface area contributed by atoms with E-state index in [-0.39, 0.29) is 16.8 Å². The summed E-state index contributed by atoms with van der Waals surface area (Å²) < 4.78 is 19.6. The molecular formula is C24H19FN2O3S. The zero-order valence-corrected chi connectivity index (χ0v) is 18.3. The van der Waals surface area contributed by atoms with Gasteiger partial charge in [-0.1, -0.05) is 12.1 Å². The lowest BCUT2D eigenvalue weighted by molar-refractivity contribution is 0.0971. The molecule has 1 aliphatic rings. The number of benzene rings is 2. The number of fused-ring (bicyclic) bond motifs is 2. The van der Waals surface area contributed by atoms with Crippen LogP contribution in [-0.2, 0) is 0 Å². The molecule has 1 unspecified atom stereocenters. The number of hydrogen-bond acceptors (Lipinski definition) is 5. The third kappa shape index (κ3) is 2.91. The molecular weight excluding hydrogens is 415 g/mol. The molecule has 0 N–H and O–H groups in total. The second kappa shape index (κ2) is 6.85. The molecule has 4 aromatic rings. The molecule has 5 rings (SSSR count). The fourth-order valence-electron chi connectivity index (χ4n) is 3.94. The van der Waals surface area contributed by atoms with Crippen molar-refractivity contribution in [1.82, 2.24) is 4.98 Å². The van der Waals surface area contributed by atoms with Gasteiger partial charge in [-0.3, -0.25) is 14.5 Å². The van der Waals surface area contributed by atoms with E-state index in [1.54, 1.807) is 24.3 Å². The number of amides is 1. The molecule has 5 nitrogen and oxygen atoms in total. The number of thiazole rings is 1. The number of carbonyl (C=O) groups excluding carboxylic acids is 1. The number of aryl methyl sites for hydroxylation is 4. The molecule has 3 heterocycles. The summed E-state index contributed by atoms with van der Waals surface area (Å²) in [4.78, 5) is 34.1. The second-order valence-corrected chi connectivity index (χ2v) is 9.06. The van der Waals surface area contributed by atoms with E-state index in [0.29, 0.717) is 21.7 Å². The van der Waals surface area contributed by atoms with Crippen molar-refractivity contribution in [2.75, 3.05) is 4.90 Å². The van der Waals surface area contributed by atoms with Crippen LogP contribution in [0.25, 0.3) is 11.0 Å². The summed E-state index contributed by atoms with van der Waals surface area (Å²) in [5, 5.41) is 0.909. The van der Waals surface area contributed by atoms with Gasteiger partial charge in [-0.15, -0.1) is 11.3 Å². The van der Waals surface area contributed by atoms with Gasteiger partial charge in [-0.05, 0) is 68.7 Å². The van der Waals surface area contributed by atoms with Gasteiger partial charge >= 0.3 is 0 Å². The summed E-state index contributed by atoms with van der Waals surface area (Å²) in [7, 11) is 0. The number of anilines is 1. The van der Waals surface area contributed by atoms with Gasteiger partial charge in [-0.2, -0.15) is 0 Å². The molecule has 0 saturated heterocycles. The SMILES string of the molecule is Cc1cc2oc3c(c(=O)c2cc1C)C(c1ccc(F)cc1)N(c1nc(C)c(C)s1)C3=O. The quantitative estimate of drug-likeness (QED) is 0.425. The second-order valence-electron chi connectivity index (χ2n) is 7.87. The molecule has 156 valence electrons. The molecule has 2 aromatic heterocycles. The molecule has 0 radical (unpaired) electrons. The molecule has 0 fully saturated rings. The van der Waals surface area contributed by atoms with Crippen LogP contribution in [0, 0.1) is 33.5 Å². The Morgan fingerprint density at radius 3 is 2.35 bits per heavy atom. The highest BCUT2D eigenvalue weighted by molar-refractivity contribution is 7.15. The Labute approximate surface area is 181 Å². The predicted molar refractivity (Wildman–Crippen MR) is 119 cm³/mol. The normalized spacial score (nSPS) is 15.7. The molecule has 1 atom stereocenters. The molecule has 1 aliphatic heterocycles. The number of halogens is 1. The Morgan fingerprint density at radius 2 is 1.71 bits per heavy atom. The van der Waals surface area contributed by atoms with E-state index in [1.165, 1.54) is 28.4 Å². The van der Waals surface area contributed by atoms with E-state index in [2.05, 4.69) is 4.98 Å². The summed E-state index contributed by atoms with van der Waals surface area (Å²) in [5.74, 6) is -0.798. The maximum atomic E-state index is 13.6. The highest BCUT2D eigenvalue weighted by Crippen LogP contribution is 2.43. The van der Waals surface area contributed by atoms with Gasteiger partial charge in [0.05, 0.1) is 22.7 Å². The lowest BCUT2D eigenvalue weighted by Gasteiger charge is -2.22. The zero-order valence-electron chi connectivity index (χ0n) is 17.4. The van der Waals surface area contributed by atoms with Crippen LogP contribution >= 0.6 is 11.3 Å².